The second kappa shape index (κ2) is 5.85. The van der Waals surface area contributed by atoms with Gasteiger partial charge in [0.15, 0.2) is 0 Å². The maximum Gasteiger partial charge on any atom is 0.0208 e. The van der Waals surface area contributed by atoms with Crippen molar-refractivity contribution in [1.82, 2.24) is 10.2 Å². The molecule has 1 aromatic rings. The Bertz CT molecular complexity index is 394. The Morgan fingerprint density at radius 1 is 1.11 bits per heavy atom. The zero-order valence-corrected chi connectivity index (χ0v) is 11.3. The molecule has 0 unspecified atom stereocenters. The van der Waals surface area contributed by atoms with Gasteiger partial charge in [-0.1, -0.05) is 18.2 Å². The standard InChI is InChI=1S/C16H24N2/c1-2-10-18(9-1)11-3-4-14-5-6-16-13-17-8-7-15(16)12-14/h5-6,12,17H,1-4,7-11,13H2. The van der Waals surface area contributed by atoms with Gasteiger partial charge >= 0.3 is 0 Å². The highest BCUT2D eigenvalue weighted by Crippen LogP contribution is 2.17. The van der Waals surface area contributed by atoms with E-state index >= 15 is 0 Å². The molecule has 0 spiro atoms. The summed E-state index contributed by atoms with van der Waals surface area (Å²) in [6.45, 7) is 6.15. The molecule has 1 saturated heterocycles. The Morgan fingerprint density at radius 3 is 2.89 bits per heavy atom. The lowest BCUT2D eigenvalue weighted by molar-refractivity contribution is 0.334. The molecule has 1 aromatic carbocycles. The highest BCUT2D eigenvalue weighted by molar-refractivity contribution is 5.33. The molecule has 2 nitrogen and oxygen atoms in total. The van der Waals surface area contributed by atoms with Crippen LogP contribution in [0.3, 0.4) is 0 Å². The van der Waals surface area contributed by atoms with Crippen LogP contribution in [0, 0.1) is 0 Å². The van der Waals surface area contributed by atoms with Gasteiger partial charge in [0.1, 0.15) is 0 Å². The summed E-state index contributed by atoms with van der Waals surface area (Å²) in [6, 6.07) is 7.10. The van der Waals surface area contributed by atoms with E-state index in [1.807, 2.05) is 0 Å². The zero-order chi connectivity index (χ0) is 12.2. The van der Waals surface area contributed by atoms with Crippen molar-refractivity contribution in [2.24, 2.45) is 0 Å². The molecule has 0 atom stereocenters. The first-order valence-corrected chi connectivity index (χ1v) is 7.45. The fourth-order valence-electron chi connectivity index (χ4n) is 3.20. The third-order valence-corrected chi connectivity index (χ3v) is 4.30. The summed E-state index contributed by atoms with van der Waals surface area (Å²) in [5.41, 5.74) is 4.62. The summed E-state index contributed by atoms with van der Waals surface area (Å²) in [4.78, 5) is 2.61. The Balaban J connectivity index is 1.52. The summed E-state index contributed by atoms with van der Waals surface area (Å²) in [7, 11) is 0. The molecule has 2 aliphatic rings. The third kappa shape index (κ3) is 2.93. The number of benzene rings is 1. The molecule has 0 aromatic heterocycles. The second-order valence-electron chi connectivity index (χ2n) is 5.68. The minimum absolute atomic E-state index is 1.06. The van der Waals surface area contributed by atoms with Crippen molar-refractivity contribution < 1.29 is 0 Å². The molecule has 98 valence electrons. The normalized spacial score (nSPS) is 20.0. The first-order valence-electron chi connectivity index (χ1n) is 7.45. The van der Waals surface area contributed by atoms with E-state index in [-0.39, 0.29) is 0 Å². The van der Waals surface area contributed by atoms with Crippen LogP contribution in [0.2, 0.25) is 0 Å². The van der Waals surface area contributed by atoms with Gasteiger partial charge in [-0.05, 0) is 75.0 Å². The van der Waals surface area contributed by atoms with Crippen molar-refractivity contribution >= 4 is 0 Å². The van der Waals surface area contributed by atoms with Crippen molar-refractivity contribution in [2.75, 3.05) is 26.2 Å². The number of aryl methyl sites for hydroxylation is 1. The highest BCUT2D eigenvalue weighted by atomic mass is 15.1. The molecule has 2 heteroatoms. The minimum atomic E-state index is 1.06. The van der Waals surface area contributed by atoms with Crippen LogP contribution >= 0.6 is 0 Å². The fraction of sp³-hybridized carbons (Fsp3) is 0.625. The molecule has 0 saturated carbocycles. The lowest BCUT2D eigenvalue weighted by Crippen LogP contribution is -2.23. The topological polar surface area (TPSA) is 15.3 Å². The molecule has 3 rings (SSSR count). The van der Waals surface area contributed by atoms with E-state index in [1.165, 1.54) is 62.9 Å². The Kier molecular flexibility index (Phi) is 3.96. The molecular formula is C16H24N2. The molecule has 0 radical (unpaired) electrons. The van der Waals surface area contributed by atoms with Crippen LogP contribution in [0.5, 0.6) is 0 Å². The summed E-state index contributed by atoms with van der Waals surface area (Å²) in [5.74, 6) is 0. The number of likely N-dealkylation sites (tertiary alicyclic amines) is 1. The predicted molar refractivity (Wildman–Crippen MR) is 75.8 cm³/mol. The van der Waals surface area contributed by atoms with Crippen molar-refractivity contribution in [3.63, 3.8) is 0 Å². The molecule has 18 heavy (non-hydrogen) atoms. The maximum absolute atomic E-state index is 3.43. The quantitative estimate of drug-likeness (QED) is 0.874. The molecule has 1 N–H and O–H groups in total. The van der Waals surface area contributed by atoms with Gasteiger partial charge in [-0.2, -0.15) is 0 Å². The largest absolute Gasteiger partial charge is 0.312 e. The molecular weight excluding hydrogens is 220 g/mol. The Morgan fingerprint density at radius 2 is 2.00 bits per heavy atom. The van der Waals surface area contributed by atoms with Crippen molar-refractivity contribution in [2.45, 2.75) is 38.6 Å². The van der Waals surface area contributed by atoms with Crippen LogP contribution in [0.15, 0.2) is 18.2 Å². The lowest BCUT2D eigenvalue weighted by Gasteiger charge is -2.18. The monoisotopic (exact) mass is 244 g/mol. The highest BCUT2D eigenvalue weighted by Gasteiger charge is 2.11. The van der Waals surface area contributed by atoms with Gasteiger partial charge in [-0.15, -0.1) is 0 Å². The molecule has 2 heterocycles. The zero-order valence-electron chi connectivity index (χ0n) is 11.3. The Labute approximate surface area is 110 Å². The average molecular weight is 244 g/mol. The van der Waals surface area contributed by atoms with E-state index in [1.54, 1.807) is 5.56 Å². The van der Waals surface area contributed by atoms with Crippen molar-refractivity contribution in [1.29, 1.82) is 0 Å². The van der Waals surface area contributed by atoms with Gasteiger partial charge in [0.2, 0.25) is 0 Å². The third-order valence-electron chi connectivity index (χ3n) is 4.30. The molecule has 0 aliphatic carbocycles. The minimum Gasteiger partial charge on any atom is -0.312 e. The number of fused-ring (bicyclic) bond motifs is 1. The van der Waals surface area contributed by atoms with Gasteiger partial charge in [-0.3, -0.25) is 0 Å². The predicted octanol–water partition coefficient (Wildman–Crippen LogP) is 2.36. The first kappa shape index (κ1) is 12.2. The summed E-state index contributed by atoms with van der Waals surface area (Å²) in [5, 5.41) is 3.43. The van der Waals surface area contributed by atoms with E-state index in [2.05, 4.69) is 28.4 Å². The SMILES string of the molecule is c1cc2c(cc1CCCN1CCCC1)CCNC2. The van der Waals surface area contributed by atoms with Crippen LogP contribution in [0.4, 0.5) is 0 Å². The van der Waals surface area contributed by atoms with Crippen molar-refractivity contribution in [3.05, 3.63) is 34.9 Å². The van der Waals surface area contributed by atoms with E-state index < -0.39 is 0 Å². The molecule has 2 aliphatic heterocycles. The van der Waals surface area contributed by atoms with Crippen LogP contribution < -0.4 is 5.32 Å². The molecule has 1 fully saturated rings. The van der Waals surface area contributed by atoms with Crippen LogP contribution in [-0.4, -0.2) is 31.1 Å². The average Bonchev–Trinajstić information content (AvgIpc) is 2.92. The number of hydrogen-bond acceptors (Lipinski definition) is 2. The first-order chi connectivity index (χ1) is 8.92. The lowest BCUT2D eigenvalue weighted by atomic mass is 9.97. The number of rotatable bonds is 4. The van der Waals surface area contributed by atoms with Crippen LogP contribution in [-0.2, 0) is 19.4 Å². The molecule has 0 amide bonds. The van der Waals surface area contributed by atoms with Gasteiger partial charge in [0.25, 0.3) is 0 Å². The van der Waals surface area contributed by atoms with Gasteiger partial charge in [0.05, 0.1) is 0 Å². The van der Waals surface area contributed by atoms with E-state index in [9.17, 15) is 0 Å². The summed E-state index contributed by atoms with van der Waals surface area (Å²) in [6.07, 6.45) is 6.58. The maximum atomic E-state index is 3.43. The summed E-state index contributed by atoms with van der Waals surface area (Å²) >= 11 is 0. The van der Waals surface area contributed by atoms with E-state index in [0.29, 0.717) is 0 Å². The van der Waals surface area contributed by atoms with Gasteiger partial charge in [-0.25, -0.2) is 0 Å². The fourth-order valence-corrected chi connectivity index (χ4v) is 3.20. The van der Waals surface area contributed by atoms with E-state index in [0.717, 1.165) is 13.1 Å². The second-order valence-corrected chi connectivity index (χ2v) is 5.68. The van der Waals surface area contributed by atoms with Gasteiger partial charge in [0, 0.05) is 6.54 Å². The number of nitrogens with one attached hydrogen (secondary N) is 1. The number of nitrogens with zero attached hydrogens (tertiary/aromatic N) is 1. The van der Waals surface area contributed by atoms with Crippen molar-refractivity contribution in [3.8, 4) is 0 Å². The van der Waals surface area contributed by atoms with Crippen LogP contribution in [0.1, 0.15) is 36.0 Å². The van der Waals surface area contributed by atoms with Gasteiger partial charge < -0.3 is 10.2 Å². The smallest absolute Gasteiger partial charge is 0.0208 e. The molecule has 0 bridgehead atoms. The van der Waals surface area contributed by atoms with Crippen LogP contribution in [0.25, 0.3) is 0 Å². The summed E-state index contributed by atoms with van der Waals surface area (Å²) < 4.78 is 0. The Hall–Kier alpha value is -0.860. The number of hydrogen-bond donors (Lipinski definition) is 1. The van der Waals surface area contributed by atoms with E-state index in [4.69, 9.17) is 0 Å².